The Hall–Kier alpha value is -3.80. The van der Waals surface area contributed by atoms with Crippen molar-refractivity contribution in [2.75, 3.05) is 22.9 Å². The van der Waals surface area contributed by atoms with Gasteiger partial charge in [0, 0.05) is 18.9 Å². The lowest BCUT2D eigenvalue weighted by Crippen LogP contribution is -2.24. The van der Waals surface area contributed by atoms with Crippen molar-refractivity contribution < 1.29 is 9.18 Å². The summed E-state index contributed by atoms with van der Waals surface area (Å²) in [4.78, 5) is 24.8. The van der Waals surface area contributed by atoms with Gasteiger partial charge in [0.2, 0.25) is 0 Å². The van der Waals surface area contributed by atoms with Crippen LogP contribution in [-0.2, 0) is 6.54 Å². The van der Waals surface area contributed by atoms with Crippen molar-refractivity contribution in [2.45, 2.75) is 19.1 Å². The molecule has 3 aromatic heterocycles. The van der Waals surface area contributed by atoms with Crippen LogP contribution in [-0.4, -0.2) is 44.9 Å². The highest BCUT2D eigenvalue weighted by atomic mass is 19.1. The van der Waals surface area contributed by atoms with Crippen molar-refractivity contribution in [3.05, 3.63) is 59.7 Å². The van der Waals surface area contributed by atoms with Crippen LogP contribution in [0.2, 0.25) is 0 Å². The maximum absolute atomic E-state index is 13.4. The molecule has 0 unspecified atom stereocenters. The number of pyridine rings is 2. The van der Waals surface area contributed by atoms with Gasteiger partial charge in [-0.25, -0.2) is 19.0 Å². The Kier molecular flexibility index (Phi) is 3.98. The molecule has 1 amide bonds. The number of hydrogen-bond donors (Lipinski definition) is 0. The molecule has 2 aliphatic heterocycles. The van der Waals surface area contributed by atoms with E-state index in [2.05, 4.69) is 15.1 Å². The maximum atomic E-state index is 13.4. The summed E-state index contributed by atoms with van der Waals surface area (Å²) in [6, 6.07) is 8.99. The third-order valence-electron chi connectivity index (χ3n) is 5.18. The van der Waals surface area contributed by atoms with E-state index in [1.54, 1.807) is 29.2 Å². The molecule has 0 saturated carbocycles. The Morgan fingerprint density at radius 2 is 1.97 bits per heavy atom. The SMILES string of the molecule is N#Cc1ccc(N2Cc3nn(-c4ccc(N5CC[C@@H](F)C5)nc4)cc3C2=O)nc1. The van der Waals surface area contributed by atoms with Crippen molar-refractivity contribution in [1.82, 2.24) is 19.7 Å². The molecule has 0 aromatic carbocycles. The number of hydrogen-bond acceptors (Lipinski definition) is 6. The van der Waals surface area contributed by atoms with E-state index < -0.39 is 6.17 Å². The van der Waals surface area contributed by atoms with Crippen molar-refractivity contribution in [1.29, 1.82) is 5.26 Å². The van der Waals surface area contributed by atoms with Crippen molar-refractivity contribution in [3.63, 3.8) is 0 Å². The number of rotatable bonds is 3. The number of amides is 1. The molecule has 9 heteroatoms. The normalized spacial score (nSPS) is 18.2. The van der Waals surface area contributed by atoms with E-state index in [9.17, 15) is 9.18 Å². The van der Waals surface area contributed by atoms with E-state index in [1.165, 1.54) is 11.1 Å². The highest BCUT2D eigenvalue weighted by molar-refractivity contribution is 6.09. The topological polar surface area (TPSA) is 90.9 Å². The molecule has 0 bridgehead atoms. The number of carbonyl (C=O) groups is 1. The summed E-state index contributed by atoms with van der Waals surface area (Å²) in [6.07, 6.45) is 4.53. The van der Waals surface area contributed by atoms with Crippen LogP contribution in [0.4, 0.5) is 16.0 Å². The van der Waals surface area contributed by atoms with Gasteiger partial charge in [0.25, 0.3) is 5.91 Å². The Bertz CT molecular complexity index is 1120. The number of nitriles is 1. The number of halogens is 1. The van der Waals surface area contributed by atoms with Gasteiger partial charge in [-0.1, -0.05) is 0 Å². The molecule has 0 radical (unpaired) electrons. The van der Waals surface area contributed by atoms with Crippen LogP contribution in [0.15, 0.2) is 42.9 Å². The van der Waals surface area contributed by atoms with E-state index in [-0.39, 0.29) is 5.91 Å². The molecule has 1 saturated heterocycles. The number of fused-ring (bicyclic) bond motifs is 1. The molecule has 1 fully saturated rings. The van der Waals surface area contributed by atoms with Crippen molar-refractivity contribution in [2.24, 2.45) is 0 Å². The minimum atomic E-state index is -0.801. The number of aromatic nitrogens is 4. The first-order chi connectivity index (χ1) is 14.1. The monoisotopic (exact) mass is 389 g/mol. The molecule has 2 aliphatic rings. The van der Waals surface area contributed by atoms with Gasteiger partial charge in [0.15, 0.2) is 0 Å². The van der Waals surface area contributed by atoms with Gasteiger partial charge >= 0.3 is 0 Å². The minimum absolute atomic E-state index is 0.181. The second-order valence-corrected chi connectivity index (χ2v) is 7.05. The number of anilines is 2. The second-order valence-electron chi connectivity index (χ2n) is 7.05. The van der Waals surface area contributed by atoms with Gasteiger partial charge in [-0.2, -0.15) is 10.4 Å². The highest BCUT2D eigenvalue weighted by Crippen LogP contribution is 2.27. The average Bonchev–Trinajstić information content (AvgIpc) is 3.45. The van der Waals surface area contributed by atoms with Crippen LogP contribution in [0.25, 0.3) is 5.69 Å². The Labute approximate surface area is 165 Å². The molecule has 0 spiro atoms. The Morgan fingerprint density at radius 1 is 1.14 bits per heavy atom. The van der Waals surface area contributed by atoms with Crippen LogP contribution in [0, 0.1) is 11.3 Å². The van der Waals surface area contributed by atoms with Crippen molar-refractivity contribution in [3.8, 4) is 11.8 Å². The summed E-state index contributed by atoms with van der Waals surface area (Å²) in [5, 5.41) is 13.4. The lowest BCUT2D eigenvalue weighted by molar-refractivity contribution is 0.0995. The predicted octanol–water partition coefficient (Wildman–Crippen LogP) is 2.24. The molecule has 144 valence electrons. The number of carbonyl (C=O) groups excluding carboxylic acids is 1. The largest absolute Gasteiger partial charge is 0.354 e. The average molecular weight is 389 g/mol. The fourth-order valence-electron chi connectivity index (χ4n) is 3.63. The summed E-state index contributed by atoms with van der Waals surface area (Å²) in [6.45, 7) is 1.35. The van der Waals surface area contributed by atoms with Gasteiger partial charge < -0.3 is 4.90 Å². The first kappa shape index (κ1) is 17.3. The molecule has 8 nitrogen and oxygen atoms in total. The quantitative estimate of drug-likeness (QED) is 0.682. The molecule has 0 N–H and O–H groups in total. The summed E-state index contributed by atoms with van der Waals surface area (Å²) in [5.41, 5.74) is 2.34. The summed E-state index contributed by atoms with van der Waals surface area (Å²) >= 11 is 0. The zero-order chi connectivity index (χ0) is 20.0. The van der Waals surface area contributed by atoms with Gasteiger partial charge in [-0.15, -0.1) is 0 Å². The first-order valence-electron chi connectivity index (χ1n) is 9.24. The molecule has 1 atom stereocenters. The summed E-state index contributed by atoms with van der Waals surface area (Å²) in [7, 11) is 0. The second kappa shape index (κ2) is 6.67. The Balaban J connectivity index is 1.35. The molecule has 5 rings (SSSR count). The lowest BCUT2D eigenvalue weighted by atomic mass is 10.3. The third-order valence-corrected chi connectivity index (χ3v) is 5.18. The van der Waals surface area contributed by atoms with Crippen LogP contribution in [0.1, 0.15) is 28.0 Å². The molecular weight excluding hydrogens is 373 g/mol. The number of alkyl halides is 1. The van der Waals surface area contributed by atoms with Gasteiger partial charge in [-0.3, -0.25) is 9.69 Å². The molecule has 5 heterocycles. The maximum Gasteiger partial charge on any atom is 0.263 e. The molecule has 29 heavy (non-hydrogen) atoms. The molecule has 3 aromatic rings. The van der Waals surface area contributed by atoms with Crippen LogP contribution < -0.4 is 9.80 Å². The number of nitrogens with zero attached hydrogens (tertiary/aromatic N) is 7. The van der Waals surface area contributed by atoms with E-state index in [4.69, 9.17) is 5.26 Å². The fraction of sp³-hybridized carbons (Fsp3) is 0.250. The minimum Gasteiger partial charge on any atom is -0.354 e. The van der Waals surface area contributed by atoms with Crippen LogP contribution in [0.3, 0.4) is 0 Å². The van der Waals surface area contributed by atoms with Gasteiger partial charge in [-0.05, 0) is 30.7 Å². The van der Waals surface area contributed by atoms with E-state index >= 15 is 0 Å². The standard InChI is InChI=1S/C20H16FN7O/c21-14-5-6-26(10-14)18-4-2-15(9-24-18)28-11-16-17(25-28)12-27(20(16)29)19-3-1-13(7-22)8-23-19/h1-4,8-9,11,14H,5-6,10,12H2/t14-/m1/s1. The smallest absolute Gasteiger partial charge is 0.263 e. The third kappa shape index (κ3) is 2.99. The van der Waals surface area contributed by atoms with Crippen molar-refractivity contribution >= 4 is 17.5 Å². The zero-order valence-corrected chi connectivity index (χ0v) is 15.4. The van der Waals surface area contributed by atoms with Crippen LogP contribution in [0.5, 0.6) is 0 Å². The van der Waals surface area contributed by atoms with Gasteiger partial charge in [0.1, 0.15) is 23.9 Å². The Morgan fingerprint density at radius 3 is 2.59 bits per heavy atom. The zero-order valence-electron chi connectivity index (χ0n) is 15.4. The van der Waals surface area contributed by atoms with E-state index in [1.807, 2.05) is 23.1 Å². The summed E-state index contributed by atoms with van der Waals surface area (Å²) in [5.74, 6) is 1.04. The molecule has 0 aliphatic carbocycles. The predicted molar refractivity (Wildman–Crippen MR) is 103 cm³/mol. The van der Waals surface area contributed by atoms with Gasteiger partial charge in [0.05, 0.1) is 41.8 Å². The summed E-state index contributed by atoms with van der Waals surface area (Å²) < 4.78 is 15.0. The van der Waals surface area contributed by atoms with Crippen LogP contribution >= 0.6 is 0 Å². The first-order valence-corrected chi connectivity index (χ1v) is 9.24. The highest BCUT2D eigenvalue weighted by Gasteiger charge is 2.32. The van der Waals surface area contributed by atoms with E-state index in [0.29, 0.717) is 48.7 Å². The fourth-order valence-corrected chi connectivity index (χ4v) is 3.63. The van der Waals surface area contributed by atoms with E-state index in [0.717, 1.165) is 11.5 Å². The molecular formula is C20H16FN7O. The lowest BCUT2D eigenvalue weighted by Gasteiger charge is -2.16.